The van der Waals surface area contributed by atoms with Gasteiger partial charge in [0.25, 0.3) is 5.91 Å². The molecule has 4 rings (SSSR count). The number of carbonyl (C=O) groups is 2. The first-order valence-corrected chi connectivity index (χ1v) is 13.5. The third-order valence-electron chi connectivity index (χ3n) is 5.51. The molecule has 0 radical (unpaired) electrons. The second-order valence-corrected chi connectivity index (χ2v) is 10.0. The molecule has 9 heteroatoms. The van der Waals surface area contributed by atoms with Gasteiger partial charge in [0.05, 0.1) is 34.1 Å². The van der Waals surface area contributed by atoms with E-state index in [1.54, 1.807) is 34.9 Å². The van der Waals surface area contributed by atoms with Crippen LogP contribution in [0.15, 0.2) is 93.8 Å². The van der Waals surface area contributed by atoms with Crippen molar-refractivity contribution in [2.45, 2.75) is 18.4 Å². The van der Waals surface area contributed by atoms with Gasteiger partial charge in [-0.2, -0.15) is 5.26 Å². The predicted molar refractivity (Wildman–Crippen MR) is 152 cm³/mol. The molecule has 0 aliphatic carbocycles. The van der Waals surface area contributed by atoms with Crippen LogP contribution in [-0.4, -0.2) is 35.2 Å². The van der Waals surface area contributed by atoms with E-state index in [0.717, 1.165) is 16.1 Å². The fourth-order valence-corrected chi connectivity index (χ4v) is 5.41. The van der Waals surface area contributed by atoms with E-state index in [2.05, 4.69) is 11.4 Å². The first kappa shape index (κ1) is 26.1. The number of rotatable bonds is 7. The van der Waals surface area contributed by atoms with Crippen LogP contribution in [0.5, 0.6) is 0 Å². The summed E-state index contributed by atoms with van der Waals surface area (Å²) in [7, 11) is 1.92. The summed E-state index contributed by atoms with van der Waals surface area (Å²) in [6, 6.07) is 24.8. The molecule has 1 fully saturated rings. The molecule has 1 N–H and O–H groups in total. The highest BCUT2D eigenvalue weighted by molar-refractivity contribution is 8.18. The van der Waals surface area contributed by atoms with E-state index in [4.69, 9.17) is 4.99 Å². The molecule has 0 aromatic heterocycles. The van der Waals surface area contributed by atoms with Gasteiger partial charge in [0.15, 0.2) is 5.17 Å². The summed E-state index contributed by atoms with van der Waals surface area (Å²) < 4.78 is 0. The first-order chi connectivity index (χ1) is 17.9. The van der Waals surface area contributed by atoms with Gasteiger partial charge in [-0.25, -0.2) is 4.99 Å². The van der Waals surface area contributed by atoms with Gasteiger partial charge in [-0.1, -0.05) is 42.5 Å². The quantitative estimate of drug-likeness (QED) is 0.300. The second kappa shape index (κ2) is 11.8. The molecule has 7 nitrogen and oxygen atoms in total. The van der Waals surface area contributed by atoms with Crippen LogP contribution in [0.3, 0.4) is 0 Å². The summed E-state index contributed by atoms with van der Waals surface area (Å²) in [5, 5.41) is 12.6. The molecule has 0 spiro atoms. The molecule has 1 saturated heterocycles. The van der Waals surface area contributed by atoms with Crippen LogP contribution in [0.2, 0.25) is 0 Å². The molecule has 186 valence electrons. The summed E-state index contributed by atoms with van der Waals surface area (Å²) in [4.78, 5) is 35.2. The number of nitriles is 1. The number of carbonyl (C=O) groups excluding carboxylic acids is 2. The number of amidine groups is 1. The van der Waals surface area contributed by atoms with E-state index in [1.807, 2.05) is 79.0 Å². The van der Waals surface area contributed by atoms with Crippen LogP contribution < -0.4 is 10.2 Å². The molecule has 37 heavy (non-hydrogen) atoms. The number of amides is 2. The zero-order valence-electron chi connectivity index (χ0n) is 20.6. The van der Waals surface area contributed by atoms with Crippen molar-refractivity contribution in [3.05, 3.63) is 95.0 Å². The Bertz CT molecular complexity index is 1430. The number of benzene rings is 3. The highest BCUT2D eigenvalue weighted by atomic mass is 32.2. The topological polar surface area (TPSA) is 88.8 Å². The second-order valence-electron chi connectivity index (χ2n) is 8.17. The van der Waals surface area contributed by atoms with Crippen molar-refractivity contribution in [2.24, 2.45) is 4.99 Å². The molecule has 0 bridgehead atoms. The molecule has 1 aliphatic rings. The molecule has 1 aliphatic heterocycles. The van der Waals surface area contributed by atoms with Crippen molar-refractivity contribution in [2.75, 3.05) is 23.5 Å². The minimum Gasteiger partial charge on any atom is -0.349 e. The number of para-hydroxylation sites is 1. The Morgan fingerprint density at radius 3 is 2.59 bits per heavy atom. The third-order valence-corrected chi connectivity index (χ3v) is 7.29. The smallest absolute Gasteiger partial charge is 0.268 e. The first-order valence-electron chi connectivity index (χ1n) is 11.4. The van der Waals surface area contributed by atoms with Crippen LogP contribution in [-0.2, 0) is 16.1 Å². The molecule has 3 aromatic rings. The van der Waals surface area contributed by atoms with Gasteiger partial charge < -0.3 is 10.2 Å². The van der Waals surface area contributed by atoms with Gasteiger partial charge in [0.1, 0.15) is 6.07 Å². The Morgan fingerprint density at radius 2 is 1.89 bits per heavy atom. The number of hydrogen-bond donors (Lipinski definition) is 1. The Kier molecular flexibility index (Phi) is 8.33. The molecular formula is C28H25N5O2S2. The summed E-state index contributed by atoms with van der Waals surface area (Å²) in [6.07, 6.45) is 3.86. The van der Waals surface area contributed by atoms with Gasteiger partial charge in [-0.3, -0.25) is 14.5 Å². The number of aliphatic imine (C=N–C) groups is 1. The monoisotopic (exact) mass is 527 g/mol. The van der Waals surface area contributed by atoms with Crippen LogP contribution >= 0.6 is 23.5 Å². The third kappa shape index (κ3) is 6.23. The van der Waals surface area contributed by atoms with E-state index in [-0.39, 0.29) is 11.8 Å². The summed E-state index contributed by atoms with van der Waals surface area (Å²) in [5.74, 6) is -0.423. The average molecular weight is 528 g/mol. The van der Waals surface area contributed by atoms with Crippen molar-refractivity contribution >= 4 is 57.6 Å². The zero-order valence-corrected chi connectivity index (χ0v) is 22.3. The standard InChI is InChI=1S/C28H25N5O2S2/c1-19(34)30-23-15-22(14-13-21(23)16-29)31-28-33(17-20-9-5-4-6-10-20)27(35)26(37-28)18-32(2)24-11-7-8-12-25(24)36-3/h4-15,18H,17H2,1-3H3,(H,30,34)/b26-18+,31-28?. The van der Waals surface area contributed by atoms with Crippen LogP contribution in [0.4, 0.5) is 17.1 Å². The summed E-state index contributed by atoms with van der Waals surface area (Å²) >= 11 is 2.94. The van der Waals surface area contributed by atoms with E-state index in [1.165, 1.54) is 18.7 Å². The van der Waals surface area contributed by atoms with E-state index < -0.39 is 0 Å². The minimum absolute atomic E-state index is 0.142. The SMILES string of the molecule is CSc1ccccc1N(C)/C=C1/SC(=Nc2ccc(C#N)c(NC(C)=O)c2)N(Cc2ccccc2)C1=O. The highest BCUT2D eigenvalue weighted by Crippen LogP contribution is 2.36. The average Bonchev–Trinajstić information content (AvgIpc) is 3.17. The van der Waals surface area contributed by atoms with Crippen molar-refractivity contribution in [3.63, 3.8) is 0 Å². The zero-order chi connectivity index (χ0) is 26.4. The summed E-state index contributed by atoms with van der Waals surface area (Å²) in [5.41, 5.74) is 3.22. The Hall–Kier alpha value is -4.00. The van der Waals surface area contributed by atoms with E-state index in [0.29, 0.717) is 33.6 Å². The number of nitrogens with one attached hydrogen (secondary N) is 1. The van der Waals surface area contributed by atoms with Gasteiger partial charge in [-0.05, 0) is 53.9 Å². The Balaban J connectivity index is 1.72. The molecule has 1 heterocycles. The number of anilines is 2. The molecular weight excluding hydrogens is 502 g/mol. The predicted octanol–water partition coefficient (Wildman–Crippen LogP) is 5.98. The van der Waals surface area contributed by atoms with Crippen molar-refractivity contribution in [1.29, 1.82) is 5.26 Å². The van der Waals surface area contributed by atoms with Crippen LogP contribution in [0, 0.1) is 11.3 Å². The van der Waals surface area contributed by atoms with Gasteiger partial charge in [0, 0.05) is 25.1 Å². The van der Waals surface area contributed by atoms with E-state index >= 15 is 0 Å². The maximum absolute atomic E-state index is 13.6. The molecule has 0 atom stereocenters. The van der Waals surface area contributed by atoms with Gasteiger partial charge >= 0.3 is 0 Å². The minimum atomic E-state index is -0.281. The molecule has 0 saturated carbocycles. The van der Waals surface area contributed by atoms with Gasteiger partial charge in [-0.15, -0.1) is 11.8 Å². The highest BCUT2D eigenvalue weighted by Gasteiger charge is 2.34. The van der Waals surface area contributed by atoms with Crippen LogP contribution in [0.25, 0.3) is 0 Å². The molecule has 0 unspecified atom stereocenters. The fraction of sp³-hybridized carbons (Fsp3) is 0.143. The normalized spacial score (nSPS) is 15.2. The number of nitrogens with zero attached hydrogens (tertiary/aromatic N) is 4. The maximum Gasteiger partial charge on any atom is 0.268 e. The van der Waals surface area contributed by atoms with Crippen LogP contribution in [0.1, 0.15) is 18.1 Å². The molecule has 3 aromatic carbocycles. The number of hydrogen-bond acceptors (Lipinski definition) is 7. The fourth-order valence-electron chi connectivity index (χ4n) is 3.76. The lowest BCUT2D eigenvalue weighted by Crippen LogP contribution is -2.28. The lowest BCUT2D eigenvalue weighted by molar-refractivity contribution is -0.122. The van der Waals surface area contributed by atoms with Crippen molar-refractivity contribution in [3.8, 4) is 6.07 Å². The van der Waals surface area contributed by atoms with Gasteiger partial charge in [0.2, 0.25) is 5.91 Å². The lowest BCUT2D eigenvalue weighted by atomic mass is 10.1. The maximum atomic E-state index is 13.6. The molecule has 2 amide bonds. The number of thioether (sulfide) groups is 2. The summed E-state index contributed by atoms with van der Waals surface area (Å²) in [6.45, 7) is 1.75. The van der Waals surface area contributed by atoms with Crippen molar-refractivity contribution < 1.29 is 9.59 Å². The van der Waals surface area contributed by atoms with Crippen molar-refractivity contribution in [1.82, 2.24) is 4.90 Å². The Labute approximate surface area is 224 Å². The Morgan fingerprint density at radius 1 is 1.16 bits per heavy atom. The lowest BCUT2D eigenvalue weighted by Gasteiger charge is -2.18. The largest absolute Gasteiger partial charge is 0.349 e. The van der Waals surface area contributed by atoms with E-state index in [9.17, 15) is 14.9 Å².